The Hall–Kier alpha value is -4.02. The van der Waals surface area contributed by atoms with Crippen molar-refractivity contribution in [1.29, 1.82) is 0 Å². The maximum Gasteiger partial charge on any atom is 0.417 e. The number of benzene rings is 1. The molecule has 0 saturated carbocycles. The Morgan fingerprint density at radius 2 is 1.76 bits per heavy atom. The zero-order valence-electron chi connectivity index (χ0n) is 14.6. The molecule has 0 radical (unpaired) electrons. The van der Waals surface area contributed by atoms with Crippen LogP contribution in [0.15, 0.2) is 60.9 Å². The Morgan fingerprint density at radius 3 is 2.45 bits per heavy atom. The van der Waals surface area contributed by atoms with Gasteiger partial charge in [-0.3, -0.25) is 4.79 Å². The topological polar surface area (TPSA) is 97.1 Å². The average molecular weight is 399 g/mol. The molecule has 0 fully saturated rings. The van der Waals surface area contributed by atoms with Gasteiger partial charge >= 0.3 is 6.18 Å². The summed E-state index contributed by atoms with van der Waals surface area (Å²) in [5, 5.41) is 16.7. The Labute approximate surface area is 161 Å². The number of aromatic nitrogens is 5. The molecule has 0 atom stereocenters. The normalized spacial score (nSPS) is 11.4. The van der Waals surface area contributed by atoms with E-state index in [0.29, 0.717) is 22.6 Å². The molecule has 0 aliphatic carbocycles. The van der Waals surface area contributed by atoms with E-state index >= 15 is 0 Å². The number of anilines is 3. The van der Waals surface area contributed by atoms with E-state index in [9.17, 15) is 18.0 Å². The first-order valence-corrected chi connectivity index (χ1v) is 8.28. The number of fused-ring (bicyclic) bond motifs is 1. The third kappa shape index (κ3) is 4.13. The quantitative estimate of drug-likeness (QED) is 0.545. The van der Waals surface area contributed by atoms with Gasteiger partial charge in [0.25, 0.3) is 5.91 Å². The number of nitrogens with zero attached hydrogens (tertiary/aromatic N) is 5. The Balaban J connectivity index is 1.41. The van der Waals surface area contributed by atoms with E-state index in [4.69, 9.17) is 0 Å². The Morgan fingerprint density at radius 1 is 1.00 bits per heavy atom. The largest absolute Gasteiger partial charge is 0.417 e. The number of tetrazole rings is 1. The first-order valence-electron chi connectivity index (χ1n) is 8.28. The number of nitrogens with one attached hydrogen (secondary N) is 2. The van der Waals surface area contributed by atoms with Gasteiger partial charge < -0.3 is 10.6 Å². The summed E-state index contributed by atoms with van der Waals surface area (Å²) in [5.41, 5.74) is 1.16. The smallest absolute Gasteiger partial charge is 0.340 e. The van der Waals surface area contributed by atoms with Crippen LogP contribution in [0.4, 0.5) is 30.4 Å². The fourth-order valence-electron chi connectivity index (χ4n) is 2.50. The lowest BCUT2D eigenvalue weighted by molar-refractivity contribution is -0.137. The van der Waals surface area contributed by atoms with Crippen LogP contribution in [-0.4, -0.2) is 30.9 Å². The van der Waals surface area contributed by atoms with Crippen molar-refractivity contribution in [3.05, 3.63) is 72.1 Å². The summed E-state index contributed by atoms with van der Waals surface area (Å²) in [7, 11) is 0. The fourth-order valence-corrected chi connectivity index (χ4v) is 2.50. The van der Waals surface area contributed by atoms with Crippen LogP contribution in [0.1, 0.15) is 15.9 Å². The minimum atomic E-state index is -4.43. The lowest BCUT2D eigenvalue weighted by Gasteiger charge is -2.10. The molecule has 4 aromatic rings. The highest BCUT2D eigenvalue weighted by Crippen LogP contribution is 2.29. The van der Waals surface area contributed by atoms with Crippen LogP contribution in [0.25, 0.3) is 5.65 Å². The van der Waals surface area contributed by atoms with E-state index in [-0.39, 0.29) is 11.7 Å². The number of halogens is 3. The number of pyridine rings is 2. The van der Waals surface area contributed by atoms with Crippen LogP contribution in [0.2, 0.25) is 0 Å². The number of rotatable bonds is 4. The van der Waals surface area contributed by atoms with Crippen LogP contribution >= 0.6 is 0 Å². The molecule has 3 aromatic heterocycles. The van der Waals surface area contributed by atoms with E-state index in [1.807, 2.05) is 0 Å². The molecule has 0 unspecified atom stereocenters. The zero-order chi connectivity index (χ0) is 20.4. The summed E-state index contributed by atoms with van der Waals surface area (Å²) in [6.07, 6.45) is -2.09. The average Bonchev–Trinajstić information content (AvgIpc) is 3.17. The molecule has 0 aliphatic heterocycles. The number of carbonyl (C=O) groups excluding carboxylic acids is 1. The lowest BCUT2D eigenvalue weighted by atomic mass is 10.2. The third-order valence-electron chi connectivity index (χ3n) is 3.97. The monoisotopic (exact) mass is 399 g/mol. The van der Waals surface area contributed by atoms with E-state index < -0.39 is 11.7 Å². The second-order valence-electron chi connectivity index (χ2n) is 5.98. The predicted molar refractivity (Wildman–Crippen MR) is 97.7 cm³/mol. The van der Waals surface area contributed by atoms with Crippen molar-refractivity contribution >= 4 is 28.7 Å². The summed E-state index contributed by atoms with van der Waals surface area (Å²) in [6.45, 7) is 0. The summed E-state index contributed by atoms with van der Waals surface area (Å²) in [6, 6.07) is 12.0. The van der Waals surface area contributed by atoms with Crippen molar-refractivity contribution in [3.8, 4) is 0 Å². The zero-order valence-corrected chi connectivity index (χ0v) is 14.6. The first-order chi connectivity index (χ1) is 13.9. The Bertz CT molecular complexity index is 1150. The second-order valence-corrected chi connectivity index (χ2v) is 5.98. The van der Waals surface area contributed by atoms with Gasteiger partial charge in [0.05, 0.1) is 5.56 Å². The van der Waals surface area contributed by atoms with Crippen molar-refractivity contribution in [3.63, 3.8) is 0 Å². The molecule has 2 N–H and O–H groups in total. The van der Waals surface area contributed by atoms with Crippen LogP contribution in [-0.2, 0) is 6.18 Å². The first kappa shape index (κ1) is 18.3. The molecule has 1 amide bonds. The van der Waals surface area contributed by atoms with Crippen LogP contribution < -0.4 is 10.6 Å². The van der Waals surface area contributed by atoms with Crippen LogP contribution in [0.3, 0.4) is 0 Å². The van der Waals surface area contributed by atoms with Crippen LogP contribution in [0.5, 0.6) is 0 Å². The van der Waals surface area contributed by atoms with Gasteiger partial charge in [0.2, 0.25) is 0 Å². The van der Waals surface area contributed by atoms with Crippen LogP contribution in [0, 0.1) is 0 Å². The van der Waals surface area contributed by atoms with E-state index in [2.05, 4.69) is 31.1 Å². The van der Waals surface area contributed by atoms with E-state index in [1.165, 1.54) is 10.6 Å². The van der Waals surface area contributed by atoms with Gasteiger partial charge in [0.15, 0.2) is 5.65 Å². The van der Waals surface area contributed by atoms with E-state index in [0.717, 1.165) is 12.3 Å². The molecule has 0 bridgehead atoms. The second kappa shape index (κ2) is 7.19. The summed E-state index contributed by atoms with van der Waals surface area (Å²) in [4.78, 5) is 16.1. The molecule has 4 rings (SSSR count). The highest BCUT2D eigenvalue weighted by molar-refractivity contribution is 6.04. The lowest BCUT2D eigenvalue weighted by Crippen LogP contribution is -2.12. The molecule has 0 aliphatic rings. The predicted octanol–water partition coefficient (Wildman–Crippen LogP) is 3.53. The van der Waals surface area contributed by atoms with Gasteiger partial charge in [-0.15, -0.1) is 5.10 Å². The van der Waals surface area contributed by atoms with E-state index in [1.54, 1.807) is 42.6 Å². The highest BCUT2D eigenvalue weighted by atomic mass is 19.4. The highest BCUT2D eigenvalue weighted by Gasteiger charge is 2.30. The number of alkyl halides is 3. The third-order valence-corrected chi connectivity index (χ3v) is 3.97. The van der Waals surface area contributed by atoms with Gasteiger partial charge in [-0.2, -0.15) is 13.2 Å². The summed E-state index contributed by atoms with van der Waals surface area (Å²) < 4.78 is 39.2. The van der Waals surface area contributed by atoms with Gasteiger partial charge in [0.1, 0.15) is 5.82 Å². The van der Waals surface area contributed by atoms with Crippen molar-refractivity contribution in [2.45, 2.75) is 6.18 Å². The summed E-state index contributed by atoms with van der Waals surface area (Å²) >= 11 is 0. The molecule has 0 spiro atoms. The molecule has 0 saturated heterocycles. The molecular formula is C18H12F3N7O. The molecule has 29 heavy (non-hydrogen) atoms. The van der Waals surface area contributed by atoms with Gasteiger partial charge in [-0.05, 0) is 59.0 Å². The number of hydrogen-bond donors (Lipinski definition) is 2. The number of hydrogen-bond acceptors (Lipinski definition) is 6. The summed E-state index contributed by atoms with van der Waals surface area (Å²) in [5.74, 6) is -0.0642. The molecule has 1 aromatic carbocycles. The molecule has 11 heteroatoms. The molecule has 3 heterocycles. The van der Waals surface area contributed by atoms with Crippen molar-refractivity contribution in [2.24, 2.45) is 0 Å². The van der Waals surface area contributed by atoms with Crippen molar-refractivity contribution < 1.29 is 18.0 Å². The Kier molecular flexibility index (Phi) is 4.55. The maximum absolute atomic E-state index is 12.6. The van der Waals surface area contributed by atoms with Gasteiger partial charge in [0, 0.05) is 29.3 Å². The minimum absolute atomic E-state index is 0.269. The van der Waals surface area contributed by atoms with Gasteiger partial charge in [-0.25, -0.2) is 9.50 Å². The number of amides is 1. The maximum atomic E-state index is 12.6. The van der Waals surface area contributed by atoms with Gasteiger partial charge in [-0.1, -0.05) is 0 Å². The molecule has 8 nitrogen and oxygen atoms in total. The standard InChI is InChI=1S/C18H12F3N7O/c19-18(20,21)12-1-6-15(22-10-12)23-13-2-4-14(5-3-13)24-17(29)11-7-8-28-16(9-11)25-26-27-28/h1-10H,(H,22,23)(H,24,29). The minimum Gasteiger partial charge on any atom is -0.340 e. The molecular weight excluding hydrogens is 387 g/mol. The SMILES string of the molecule is O=C(Nc1ccc(Nc2ccc(C(F)(F)F)cn2)cc1)c1ccn2nnnc2c1. The van der Waals surface area contributed by atoms with Crippen molar-refractivity contribution in [2.75, 3.05) is 10.6 Å². The molecule has 146 valence electrons. The fraction of sp³-hybridized carbons (Fsp3) is 0.0556. The number of carbonyl (C=O) groups is 1. The van der Waals surface area contributed by atoms with Crippen molar-refractivity contribution in [1.82, 2.24) is 25.0 Å².